The number of phenols is 2. The van der Waals surface area contributed by atoms with Crippen LogP contribution in [0.1, 0.15) is 22.8 Å². The molecule has 0 bridgehead atoms. The molecule has 17 heavy (non-hydrogen) atoms. The predicted octanol–water partition coefficient (Wildman–Crippen LogP) is 0.528. The van der Waals surface area contributed by atoms with Crippen molar-refractivity contribution in [3.8, 4) is 17.2 Å². The normalized spacial score (nSPS) is 22.9. The summed E-state index contributed by atoms with van der Waals surface area (Å²) in [6, 6.07) is 0.999. The van der Waals surface area contributed by atoms with Gasteiger partial charge < -0.3 is 24.8 Å². The minimum atomic E-state index is -1.68. The fourth-order valence-electron chi connectivity index (χ4n) is 1.93. The molecule has 1 atom stereocenters. The highest BCUT2D eigenvalue weighted by Crippen LogP contribution is 2.43. The van der Waals surface area contributed by atoms with Crippen LogP contribution in [0.2, 0.25) is 0 Å². The molecular weight excluding hydrogens is 228 g/mol. The molecule has 0 radical (unpaired) electrons. The van der Waals surface area contributed by atoms with Crippen molar-refractivity contribution in [2.75, 3.05) is 7.11 Å². The maximum absolute atomic E-state index is 11.6. The Bertz CT molecular complexity index is 491. The van der Waals surface area contributed by atoms with Gasteiger partial charge in [0.15, 0.2) is 11.5 Å². The monoisotopic (exact) mass is 240 g/mol. The number of phenolic OH excluding ortho intramolecular Hbond substituents is 2. The van der Waals surface area contributed by atoms with Crippen LogP contribution in [0.4, 0.5) is 0 Å². The number of benzene rings is 1. The number of hydrogen-bond acceptors (Lipinski definition) is 6. The third kappa shape index (κ3) is 1.76. The van der Waals surface area contributed by atoms with Crippen molar-refractivity contribution < 1.29 is 29.6 Å². The van der Waals surface area contributed by atoms with Gasteiger partial charge in [-0.2, -0.15) is 0 Å². The van der Waals surface area contributed by atoms with Crippen LogP contribution < -0.4 is 4.74 Å². The molecule has 1 aliphatic heterocycles. The summed E-state index contributed by atoms with van der Waals surface area (Å²) in [5, 5.41) is 28.9. The number of ether oxygens (including phenoxy) is 2. The summed E-state index contributed by atoms with van der Waals surface area (Å²) in [4.78, 5) is 11.6. The van der Waals surface area contributed by atoms with E-state index in [4.69, 9.17) is 9.47 Å². The maximum atomic E-state index is 11.6. The van der Waals surface area contributed by atoms with Crippen molar-refractivity contribution in [2.45, 2.75) is 19.1 Å². The molecule has 6 nitrogen and oxygen atoms in total. The number of fused-ring (bicyclic) bond motifs is 1. The molecule has 1 aliphatic rings. The first-order valence-electron chi connectivity index (χ1n) is 4.93. The average Bonchev–Trinajstić information content (AvgIpc) is 2.14. The van der Waals surface area contributed by atoms with Crippen LogP contribution in [0, 0.1) is 0 Å². The Kier molecular flexibility index (Phi) is 2.39. The summed E-state index contributed by atoms with van der Waals surface area (Å²) in [7, 11) is 1.32. The molecule has 1 heterocycles. The molecule has 0 spiro atoms. The highest BCUT2D eigenvalue weighted by Gasteiger charge is 2.39. The number of aromatic hydroxyl groups is 2. The van der Waals surface area contributed by atoms with E-state index in [1.807, 2.05) is 0 Å². The number of methoxy groups -OCH3 is 1. The van der Waals surface area contributed by atoms with E-state index in [1.165, 1.54) is 14.0 Å². The minimum absolute atomic E-state index is 0.0507. The Morgan fingerprint density at radius 2 is 2.06 bits per heavy atom. The van der Waals surface area contributed by atoms with Crippen molar-refractivity contribution in [1.29, 1.82) is 0 Å². The number of rotatable bonds is 1. The van der Waals surface area contributed by atoms with Crippen molar-refractivity contribution in [3.05, 3.63) is 17.2 Å². The van der Waals surface area contributed by atoms with Gasteiger partial charge in [0.1, 0.15) is 11.3 Å². The average molecular weight is 240 g/mol. The minimum Gasteiger partial charge on any atom is -0.507 e. The third-order valence-electron chi connectivity index (χ3n) is 2.56. The van der Waals surface area contributed by atoms with E-state index in [1.54, 1.807) is 0 Å². The fraction of sp³-hybridized carbons (Fsp3) is 0.364. The lowest BCUT2D eigenvalue weighted by Crippen LogP contribution is -2.38. The highest BCUT2D eigenvalue weighted by molar-refractivity contribution is 5.96. The summed E-state index contributed by atoms with van der Waals surface area (Å²) < 4.78 is 9.70. The predicted molar refractivity (Wildman–Crippen MR) is 56.1 cm³/mol. The summed E-state index contributed by atoms with van der Waals surface area (Å²) in [5.74, 6) is -3.19. The number of hydrogen-bond donors (Lipinski definition) is 3. The lowest BCUT2D eigenvalue weighted by Gasteiger charge is -2.30. The second kappa shape index (κ2) is 3.53. The molecule has 2 rings (SSSR count). The van der Waals surface area contributed by atoms with Gasteiger partial charge in [0.05, 0.1) is 7.11 Å². The van der Waals surface area contributed by atoms with E-state index in [9.17, 15) is 20.1 Å². The van der Waals surface area contributed by atoms with Crippen LogP contribution >= 0.6 is 0 Å². The van der Waals surface area contributed by atoms with E-state index < -0.39 is 17.5 Å². The van der Waals surface area contributed by atoms with Crippen molar-refractivity contribution in [1.82, 2.24) is 0 Å². The van der Waals surface area contributed by atoms with Crippen LogP contribution in [0.25, 0.3) is 0 Å². The van der Waals surface area contributed by atoms with Crippen LogP contribution in [0.5, 0.6) is 17.2 Å². The summed E-state index contributed by atoms with van der Waals surface area (Å²) >= 11 is 0. The van der Waals surface area contributed by atoms with Gasteiger partial charge in [0, 0.05) is 25.0 Å². The van der Waals surface area contributed by atoms with Gasteiger partial charge in [-0.05, 0) is 0 Å². The van der Waals surface area contributed by atoms with Gasteiger partial charge in [-0.1, -0.05) is 0 Å². The molecule has 0 saturated heterocycles. The first-order valence-corrected chi connectivity index (χ1v) is 4.93. The summed E-state index contributed by atoms with van der Waals surface area (Å²) in [6.07, 6.45) is -0.0702. The van der Waals surface area contributed by atoms with Gasteiger partial charge >= 0.3 is 5.97 Å². The zero-order valence-corrected chi connectivity index (χ0v) is 9.35. The van der Waals surface area contributed by atoms with Gasteiger partial charge in [0.2, 0.25) is 5.79 Å². The molecule has 0 saturated carbocycles. The zero-order valence-electron chi connectivity index (χ0n) is 9.35. The van der Waals surface area contributed by atoms with Gasteiger partial charge in [-0.3, -0.25) is 0 Å². The first-order chi connectivity index (χ1) is 7.85. The third-order valence-corrected chi connectivity index (χ3v) is 2.56. The second-order valence-corrected chi connectivity index (χ2v) is 4.04. The summed E-state index contributed by atoms with van der Waals surface area (Å²) in [6.45, 7) is 1.31. The van der Waals surface area contributed by atoms with E-state index >= 15 is 0 Å². The van der Waals surface area contributed by atoms with Crippen LogP contribution in [-0.4, -0.2) is 34.2 Å². The Morgan fingerprint density at radius 1 is 1.41 bits per heavy atom. The highest BCUT2D eigenvalue weighted by atomic mass is 16.7. The fourth-order valence-corrected chi connectivity index (χ4v) is 1.93. The molecule has 0 aliphatic carbocycles. The van der Waals surface area contributed by atoms with Gasteiger partial charge in [0.25, 0.3) is 0 Å². The molecule has 0 aromatic heterocycles. The van der Waals surface area contributed by atoms with E-state index in [0.717, 1.165) is 6.07 Å². The lowest BCUT2D eigenvalue weighted by atomic mass is 9.95. The van der Waals surface area contributed by atoms with E-state index in [2.05, 4.69) is 0 Å². The molecule has 6 heteroatoms. The Balaban J connectivity index is 2.71. The number of carbonyl (C=O) groups is 1. The number of carbonyl (C=O) groups excluding carboxylic acids is 1. The summed E-state index contributed by atoms with van der Waals surface area (Å²) in [5.41, 5.74) is 0.137. The molecule has 0 amide bonds. The maximum Gasteiger partial charge on any atom is 0.344 e. The van der Waals surface area contributed by atoms with Crippen molar-refractivity contribution >= 4 is 5.97 Å². The van der Waals surface area contributed by atoms with E-state index in [-0.39, 0.29) is 29.0 Å². The number of aliphatic hydroxyl groups is 1. The second-order valence-electron chi connectivity index (χ2n) is 4.04. The van der Waals surface area contributed by atoms with Crippen molar-refractivity contribution in [2.24, 2.45) is 0 Å². The zero-order chi connectivity index (χ0) is 12.8. The van der Waals surface area contributed by atoms with Crippen LogP contribution in [0.15, 0.2) is 6.07 Å². The molecule has 1 aromatic carbocycles. The van der Waals surface area contributed by atoms with Gasteiger partial charge in [-0.25, -0.2) is 4.79 Å². The molecule has 1 unspecified atom stereocenters. The molecule has 92 valence electrons. The quantitative estimate of drug-likeness (QED) is 0.619. The lowest BCUT2D eigenvalue weighted by molar-refractivity contribution is -0.155. The smallest absolute Gasteiger partial charge is 0.344 e. The first kappa shape index (κ1) is 11.5. The SMILES string of the molecule is COc1c(O)cc(O)c2c1CC(C)(O)OC2=O. The standard InChI is InChI=1S/C11H12O6/c1-11(15)4-5-8(10(14)17-11)6(12)3-7(13)9(5)16-2/h3,12-13,15H,4H2,1-2H3. The topological polar surface area (TPSA) is 96.2 Å². The Morgan fingerprint density at radius 3 is 2.65 bits per heavy atom. The largest absolute Gasteiger partial charge is 0.507 e. The number of esters is 1. The molecular formula is C11H12O6. The van der Waals surface area contributed by atoms with E-state index in [0.29, 0.717) is 0 Å². The van der Waals surface area contributed by atoms with Crippen LogP contribution in [0.3, 0.4) is 0 Å². The molecule has 3 N–H and O–H groups in total. The van der Waals surface area contributed by atoms with Gasteiger partial charge in [-0.15, -0.1) is 0 Å². The Labute approximate surface area is 97.0 Å². The Hall–Kier alpha value is -1.95. The number of cyclic esters (lactones) is 1. The molecule has 1 aromatic rings. The van der Waals surface area contributed by atoms with Crippen molar-refractivity contribution in [3.63, 3.8) is 0 Å². The molecule has 0 fully saturated rings. The van der Waals surface area contributed by atoms with Crippen LogP contribution in [-0.2, 0) is 11.2 Å².